The summed E-state index contributed by atoms with van der Waals surface area (Å²) in [5.74, 6) is 0.192. The van der Waals surface area contributed by atoms with E-state index >= 15 is 0 Å². The van der Waals surface area contributed by atoms with Gasteiger partial charge in [-0.15, -0.1) is 0 Å². The summed E-state index contributed by atoms with van der Waals surface area (Å²) in [5.41, 5.74) is 2.62. The van der Waals surface area contributed by atoms with Gasteiger partial charge in [0.2, 0.25) is 0 Å². The van der Waals surface area contributed by atoms with Crippen LogP contribution < -0.4 is 0 Å². The summed E-state index contributed by atoms with van der Waals surface area (Å²) in [4.78, 5) is 0. The first-order chi connectivity index (χ1) is 8.39. The van der Waals surface area contributed by atoms with Gasteiger partial charge in [-0.25, -0.2) is 0 Å². The van der Waals surface area contributed by atoms with Gasteiger partial charge in [-0.3, -0.25) is 0 Å². The van der Waals surface area contributed by atoms with E-state index in [1.807, 2.05) is 24.3 Å². The lowest BCUT2D eigenvalue weighted by atomic mass is 9.86. The molecule has 0 bridgehead atoms. The minimum atomic E-state index is 0.0958. The third-order valence-corrected chi connectivity index (χ3v) is 3.06. The van der Waals surface area contributed by atoms with Gasteiger partial charge in [-0.1, -0.05) is 51.1 Å². The molecular formula is C16H18O2. The molecule has 2 rings (SSSR count). The molecule has 2 aromatic carbocycles. The van der Waals surface area contributed by atoms with Crippen LogP contribution in [-0.2, 0) is 5.41 Å². The maximum Gasteiger partial charge on any atom is 0.127 e. The zero-order valence-corrected chi connectivity index (χ0v) is 10.9. The third-order valence-electron chi connectivity index (χ3n) is 3.06. The van der Waals surface area contributed by atoms with Crippen molar-refractivity contribution in [1.82, 2.24) is 0 Å². The van der Waals surface area contributed by atoms with Crippen molar-refractivity contribution in [2.24, 2.45) is 0 Å². The number of rotatable bonds is 1. The average Bonchev–Trinajstić information content (AvgIpc) is 2.28. The Labute approximate surface area is 108 Å². The van der Waals surface area contributed by atoms with Crippen LogP contribution in [-0.4, -0.2) is 10.2 Å². The highest BCUT2D eigenvalue weighted by Crippen LogP contribution is 2.37. The summed E-state index contributed by atoms with van der Waals surface area (Å²) in [6.07, 6.45) is 0. The summed E-state index contributed by atoms with van der Waals surface area (Å²) in [5, 5.41) is 19.6. The Morgan fingerprint density at radius 2 is 1.28 bits per heavy atom. The fourth-order valence-corrected chi connectivity index (χ4v) is 1.96. The SMILES string of the molecule is CC(C)(C)c1ccc(-c2c(O)cccc2O)cc1. The van der Waals surface area contributed by atoms with Crippen LogP contribution in [0.4, 0.5) is 0 Å². The highest BCUT2D eigenvalue weighted by Gasteiger charge is 2.14. The molecule has 0 atom stereocenters. The summed E-state index contributed by atoms with van der Waals surface area (Å²) in [6, 6.07) is 12.7. The normalized spacial score (nSPS) is 11.5. The predicted octanol–water partition coefficient (Wildman–Crippen LogP) is 4.06. The molecule has 0 spiro atoms. The summed E-state index contributed by atoms with van der Waals surface area (Å²) >= 11 is 0. The molecule has 0 saturated heterocycles. The Bertz CT molecular complexity index is 528. The Morgan fingerprint density at radius 3 is 1.72 bits per heavy atom. The van der Waals surface area contributed by atoms with Gasteiger partial charge < -0.3 is 10.2 Å². The lowest BCUT2D eigenvalue weighted by Gasteiger charge is -2.19. The fourth-order valence-electron chi connectivity index (χ4n) is 1.96. The van der Waals surface area contributed by atoms with Crippen molar-refractivity contribution >= 4 is 0 Å². The fraction of sp³-hybridized carbons (Fsp3) is 0.250. The van der Waals surface area contributed by atoms with Crippen molar-refractivity contribution in [3.63, 3.8) is 0 Å². The lowest BCUT2D eigenvalue weighted by Crippen LogP contribution is -2.10. The molecule has 0 aromatic heterocycles. The van der Waals surface area contributed by atoms with Crippen LogP contribution in [0, 0.1) is 0 Å². The number of phenolic OH excluding ortho intramolecular Hbond substituents is 2. The predicted molar refractivity (Wildman–Crippen MR) is 73.9 cm³/mol. The first kappa shape index (κ1) is 12.5. The molecule has 2 aromatic rings. The molecule has 2 heteroatoms. The van der Waals surface area contributed by atoms with Gasteiger partial charge in [0.25, 0.3) is 0 Å². The van der Waals surface area contributed by atoms with E-state index in [0.717, 1.165) is 5.56 Å². The van der Waals surface area contributed by atoms with E-state index < -0.39 is 0 Å². The molecule has 0 saturated carbocycles. The molecule has 0 aliphatic heterocycles. The summed E-state index contributed by atoms with van der Waals surface area (Å²) in [7, 11) is 0. The van der Waals surface area contributed by atoms with Gasteiger partial charge in [0.1, 0.15) is 11.5 Å². The van der Waals surface area contributed by atoms with E-state index in [9.17, 15) is 10.2 Å². The molecule has 2 nitrogen and oxygen atoms in total. The van der Waals surface area contributed by atoms with Crippen molar-refractivity contribution in [1.29, 1.82) is 0 Å². The van der Waals surface area contributed by atoms with Crippen molar-refractivity contribution in [2.45, 2.75) is 26.2 Å². The quantitative estimate of drug-likeness (QED) is 0.791. The van der Waals surface area contributed by atoms with E-state index in [1.54, 1.807) is 18.2 Å². The maximum atomic E-state index is 9.81. The topological polar surface area (TPSA) is 40.5 Å². The van der Waals surface area contributed by atoms with E-state index in [0.29, 0.717) is 5.56 Å². The Kier molecular flexibility index (Phi) is 3.04. The first-order valence-electron chi connectivity index (χ1n) is 6.01. The van der Waals surface area contributed by atoms with Crippen LogP contribution >= 0.6 is 0 Å². The van der Waals surface area contributed by atoms with Crippen molar-refractivity contribution in [2.75, 3.05) is 0 Å². The van der Waals surface area contributed by atoms with Gasteiger partial charge in [0, 0.05) is 0 Å². The molecular weight excluding hydrogens is 224 g/mol. The largest absolute Gasteiger partial charge is 0.507 e. The Hall–Kier alpha value is -1.96. The van der Waals surface area contributed by atoms with Crippen LogP contribution in [0.2, 0.25) is 0 Å². The van der Waals surface area contributed by atoms with E-state index in [4.69, 9.17) is 0 Å². The van der Waals surface area contributed by atoms with Crippen LogP contribution in [0.3, 0.4) is 0 Å². The lowest BCUT2D eigenvalue weighted by molar-refractivity contribution is 0.454. The molecule has 0 radical (unpaired) electrons. The van der Waals surface area contributed by atoms with Gasteiger partial charge in [0.05, 0.1) is 5.56 Å². The maximum absolute atomic E-state index is 9.81. The molecule has 0 fully saturated rings. The number of hydrogen-bond donors (Lipinski definition) is 2. The van der Waals surface area contributed by atoms with Crippen LogP contribution in [0.15, 0.2) is 42.5 Å². The van der Waals surface area contributed by atoms with Crippen molar-refractivity contribution in [3.05, 3.63) is 48.0 Å². The zero-order chi connectivity index (χ0) is 13.3. The van der Waals surface area contributed by atoms with Crippen LogP contribution in [0.1, 0.15) is 26.3 Å². The molecule has 0 aliphatic carbocycles. The van der Waals surface area contributed by atoms with Gasteiger partial charge in [0.15, 0.2) is 0 Å². The Morgan fingerprint density at radius 1 is 0.778 bits per heavy atom. The van der Waals surface area contributed by atoms with Gasteiger partial charge in [-0.05, 0) is 28.7 Å². The first-order valence-corrected chi connectivity index (χ1v) is 6.01. The van der Waals surface area contributed by atoms with Crippen LogP contribution in [0.25, 0.3) is 11.1 Å². The number of aromatic hydroxyl groups is 2. The monoisotopic (exact) mass is 242 g/mol. The van der Waals surface area contributed by atoms with E-state index in [1.165, 1.54) is 5.56 Å². The van der Waals surface area contributed by atoms with Crippen molar-refractivity contribution < 1.29 is 10.2 Å². The molecule has 18 heavy (non-hydrogen) atoms. The van der Waals surface area contributed by atoms with E-state index in [-0.39, 0.29) is 16.9 Å². The molecule has 0 aliphatic rings. The second-order valence-corrected chi connectivity index (χ2v) is 5.50. The minimum Gasteiger partial charge on any atom is -0.507 e. The molecule has 2 N–H and O–H groups in total. The summed E-state index contributed by atoms with van der Waals surface area (Å²) < 4.78 is 0. The smallest absolute Gasteiger partial charge is 0.127 e. The molecule has 0 unspecified atom stereocenters. The highest BCUT2D eigenvalue weighted by molar-refractivity contribution is 5.76. The highest BCUT2D eigenvalue weighted by atomic mass is 16.3. The second-order valence-electron chi connectivity index (χ2n) is 5.50. The Balaban J connectivity index is 2.47. The minimum absolute atomic E-state index is 0.0958. The van der Waals surface area contributed by atoms with E-state index in [2.05, 4.69) is 20.8 Å². The third kappa shape index (κ3) is 2.33. The molecule has 0 heterocycles. The summed E-state index contributed by atoms with van der Waals surface area (Å²) in [6.45, 7) is 6.46. The standard InChI is InChI=1S/C16H18O2/c1-16(2,3)12-9-7-11(8-10-12)15-13(17)5-4-6-14(15)18/h4-10,17-18H,1-3H3. The number of benzene rings is 2. The molecule has 0 amide bonds. The molecule has 94 valence electrons. The van der Waals surface area contributed by atoms with Crippen LogP contribution in [0.5, 0.6) is 11.5 Å². The van der Waals surface area contributed by atoms with Crippen molar-refractivity contribution in [3.8, 4) is 22.6 Å². The zero-order valence-electron chi connectivity index (χ0n) is 10.9. The van der Waals surface area contributed by atoms with Gasteiger partial charge >= 0.3 is 0 Å². The second kappa shape index (κ2) is 4.37. The van der Waals surface area contributed by atoms with Gasteiger partial charge in [-0.2, -0.15) is 0 Å². The number of phenols is 2. The average molecular weight is 242 g/mol. The number of hydrogen-bond acceptors (Lipinski definition) is 2.